The van der Waals surface area contributed by atoms with Crippen molar-refractivity contribution in [3.05, 3.63) is 42.0 Å². The zero-order chi connectivity index (χ0) is 14.4. The van der Waals surface area contributed by atoms with Gasteiger partial charge in [-0.3, -0.25) is 0 Å². The molecule has 2 atom stereocenters. The first kappa shape index (κ1) is 15.2. The molecule has 0 fully saturated rings. The third-order valence-corrected chi connectivity index (χ3v) is 2.68. The van der Waals surface area contributed by atoms with Crippen LogP contribution in [0, 0.1) is 0 Å². The lowest BCUT2D eigenvalue weighted by molar-refractivity contribution is 0.0111. The molecule has 4 nitrogen and oxygen atoms in total. The zero-order valence-electron chi connectivity index (χ0n) is 11.6. The van der Waals surface area contributed by atoms with Crippen molar-refractivity contribution in [1.29, 1.82) is 0 Å². The van der Waals surface area contributed by atoms with Crippen molar-refractivity contribution in [3.8, 4) is 0 Å². The smallest absolute Gasteiger partial charge is 0.407 e. The number of aliphatic hydroxyl groups is 1. The highest BCUT2D eigenvalue weighted by molar-refractivity contribution is 5.67. The predicted octanol–water partition coefficient (Wildman–Crippen LogP) is 2.89. The van der Waals surface area contributed by atoms with Gasteiger partial charge in [0.05, 0.1) is 0 Å². The quantitative estimate of drug-likeness (QED) is 0.858. The van der Waals surface area contributed by atoms with Crippen molar-refractivity contribution in [2.75, 3.05) is 0 Å². The van der Waals surface area contributed by atoms with E-state index in [9.17, 15) is 9.90 Å². The minimum Gasteiger partial charge on any atom is -0.443 e. The third kappa shape index (κ3) is 4.41. The molecule has 0 saturated carbocycles. The van der Waals surface area contributed by atoms with Crippen molar-refractivity contribution in [3.63, 3.8) is 0 Å². The summed E-state index contributed by atoms with van der Waals surface area (Å²) in [6, 6.07) is 7.34. The van der Waals surface area contributed by atoms with Crippen LogP contribution in [0.1, 0.15) is 38.0 Å². The minimum absolute atomic E-state index is 0.00250. The van der Waals surface area contributed by atoms with E-state index in [4.69, 9.17) is 4.74 Å². The fraction of sp³-hybridized carbons (Fsp3) is 0.400. The summed E-state index contributed by atoms with van der Waals surface area (Å²) in [6.07, 6.45) is -0.385. The van der Waals surface area contributed by atoms with Crippen LogP contribution in [-0.4, -0.2) is 23.3 Å². The van der Waals surface area contributed by atoms with Crippen LogP contribution in [0.25, 0.3) is 6.08 Å². The molecule has 4 heteroatoms. The van der Waals surface area contributed by atoms with E-state index in [0.29, 0.717) is 5.56 Å². The maximum Gasteiger partial charge on any atom is 0.407 e. The number of ether oxygens (including phenoxy) is 1. The van der Waals surface area contributed by atoms with Gasteiger partial charge < -0.3 is 15.2 Å². The number of hydrogen-bond acceptors (Lipinski definition) is 3. The number of alkyl carbamates (subject to hydrolysis) is 1. The minimum atomic E-state index is -0.882. The predicted molar refractivity (Wildman–Crippen MR) is 75.7 cm³/mol. The first-order valence-corrected chi connectivity index (χ1v) is 6.32. The molecule has 0 aliphatic carbocycles. The van der Waals surface area contributed by atoms with Crippen molar-refractivity contribution < 1.29 is 14.6 Å². The molecule has 0 spiro atoms. The molecule has 0 heterocycles. The lowest BCUT2D eigenvalue weighted by Gasteiger charge is -2.22. The van der Waals surface area contributed by atoms with Crippen molar-refractivity contribution in [1.82, 2.24) is 5.32 Å². The molecule has 19 heavy (non-hydrogen) atoms. The molecular formula is C15H21NO3. The van der Waals surface area contributed by atoms with Crippen LogP contribution in [0.4, 0.5) is 4.79 Å². The molecule has 0 radical (unpaired) electrons. The number of carbonyl (C=O) groups excluding carboxylic acids is 1. The van der Waals surface area contributed by atoms with Crippen LogP contribution in [0.3, 0.4) is 0 Å². The Bertz CT molecular complexity index is 443. The molecule has 0 aliphatic rings. The van der Waals surface area contributed by atoms with E-state index >= 15 is 0 Å². The van der Waals surface area contributed by atoms with Crippen molar-refractivity contribution in [2.45, 2.75) is 39.0 Å². The van der Waals surface area contributed by atoms with Gasteiger partial charge >= 0.3 is 6.09 Å². The van der Waals surface area contributed by atoms with Gasteiger partial charge in [-0.2, -0.15) is 0 Å². The molecule has 0 unspecified atom stereocenters. The summed E-state index contributed by atoms with van der Waals surface area (Å²) in [7, 11) is 0. The lowest BCUT2D eigenvalue weighted by atomic mass is 9.99. The Balaban J connectivity index is 2.73. The number of amides is 1. The van der Waals surface area contributed by atoms with Crippen LogP contribution in [0.2, 0.25) is 0 Å². The Kier molecular flexibility index (Phi) is 5.57. The zero-order valence-corrected chi connectivity index (χ0v) is 11.6. The van der Waals surface area contributed by atoms with E-state index in [1.54, 1.807) is 19.1 Å². The number of benzene rings is 1. The molecule has 2 N–H and O–H groups in total. The monoisotopic (exact) mass is 263 g/mol. The van der Waals surface area contributed by atoms with E-state index in [2.05, 4.69) is 11.9 Å². The van der Waals surface area contributed by atoms with Gasteiger partial charge in [-0.05, 0) is 31.9 Å². The molecular weight excluding hydrogens is 242 g/mol. The summed E-state index contributed by atoms with van der Waals surface area (Å²) in [6.45, 7) is 9.04. The van der Waals surface area contributed by atoms with Crippen LogP contribution < -0.4 is 5.32 Å². The molecule has 0 saturated heterocycles. The number of hydrogen-bond donors (Lipinski definition) is 2. The molecule has 104 valence electrons. The van der Waals surface area contributed by atoms with Crippen molar-refractivity contribution in [2.24, 2.45) is 0 Å². The summed E-state index contributed by atoms with van der Waals surface area (Å²) in [5.74, 6) is 0. The van der Waals surface area contributed by atoms with Gasteiger partial charge in [0.1, 0.15) is 12.2 Å². The van der Waals surface area contributed by atoms with Gasteiger partial charge in [-0.25, -0.2) is 4.79 Å². The first-order valence-electron chi connectivity index (χ1n) is 6.32. The van der Waals surface area contributed by atoms with Gasteiger partial charge in [-0.1, -0.05) is 36.9 Å². The molecule has 1 aromatic rings. The highest BCUT2D eigenvalue weighted by Crippen LogP contribution is 2.23. The number of rotatable bonds is 5. The molecule has 0 bridgehead atoms. The highest BCUT2D eigenvalue weighted by Gasteiger charge is 2.22. The number of carbonyl (C=O) groups is 1. The van der Waals surface area contributed by atoms with Gasteiger partial charge in [0.2, 0.25) is 0 Å². The second-order valence-corrected chi connectivity index (χ2v) is 4.69. The van der Waals surface area contributed by atoms with Gasteiger partial charge in [0.15, 0.2) is 0 Å². The Labute approximate surface area is 114 Å². The summed E-state index contributed by atoms with van der Waals surface area (Å²) in [5.41, 5.74) is 1.53. The Hall–Kier alpha value is -1.81. The topological polar surface area (TPSA) is 58.6 Å². The van der Waals surface area contributed by atoms with E-state index in [0.717, 1.165) is 5.56 Å². The van der Waals surface area contributed by atoms with Crippen LogP contribution in [0.15, 0.2) is 30.8 Å². The van der Waals surface area contributed by atoms with Crippen LogP contribution >= 0.6 is 0 Å². The molecule has 1 amide bonds. The summed E-state index contributed by atoms with van der Waals surface area (Å²) >= 11 is 0. The van der Waals surface area contributed by atoms with E-state index in [1.165, 1.54) is 0 Å². The summed E-state index contributed by atoms with van der Waals surface area (Å²) in [4.78, 5) is 11.5. The summed E-state index contributed by atoms with van der Waals surface area (Å²) in [5, 5.41) is 12.8. The average Bonchev–Trinajstić information content (AvgIpc) is 2.36. The Morgan fingerprint density at radius 1 is 1.37 bits per heavy atom. The standard InChI is InChI=1S/C15H21NO3/c1-5-12-8-6-7-9-13(12)14(17)11(4)19-15(18)16-10(2)3/h5-11,14,17H,1H2,2-4H3,(H,16,18)/t11-,14+/m1/s1. The fourth-order valence-corrected chi connectivity index (χ4v) is 1.72. The first-order chi connectivity index (χ1) is 8.95. The van der Waals surface area contributed by atoms with E-state index in [-0.39, 0.29) is 6.04 Å². The highest BCUT2D eigenvalue weighted by atomic mass is 16.6. The fourth-order valence-electron chi connectivity index (χ4n) is 1.72. The number of nitrogens with one attached hydrogen (secondary N) is 1. The normalized spacial score (nSPS) is 13.7. The second-order valence-electron chi connectivity index (χ2n) is 4.69. The molecule has 1 aromatic carbocycles. The number of aliphatic hydroxyl groups excluding tert-OH is 1. The van der Waals surface area contributed by atoms with E-state index < -0.39 is 18.3 Å². The Morgan fingerprint density at radius 3 is 2.58 bits per heavy atom. The maximum absolute atomic E-state index is 11.5. The van der Waals surface area contributed by atoms with Gasteiger partial charge in [0.25, 0.3) is 0 Å². The lowest BCUT2D eigenvalue weighted by Crippen LogP contribution is -2.34. The van der Waals surface area contributed by atoms with Crippen LogP contribution in [0.5, 0.6) is 0 Å². The van der Waals surface area contributed by atoms with Crippen molar-refractivity contribution >= 4 is 12.2 Å². The molecule has 0 aromatic heterocycles. The SMILES string of the molecule is C=Cc1ccccc1[C@@H](O)[C@@H](C)OC(=O)NC(C)C. The second kappa shape index (κ2) is 6.95. The Morgan fingerprint density at radius 2 is 2.00 bits per heavy atom. The van der Waals surface area contributed by atoms with E-state index in [1.807, 2.05) is 32.0 Å². The van der Waals surface area contributed by atoms with Gasteiger partial charge in [-0.15, -0.1) is 0 Å². The largest absolute Gasteiger partial charge is 0.443 e. The molecule has 0 aliphatic heterocycles. The summed E-state index contributed by atoms with van der Waals surface area (Å²) < 4.78 is 5.14. The third-order valence-electron chi connectivity index (χ3n) is 2.68. The maximum atomic E-state index is 11.5. The average molecular weight is 263 g/mol. The van der Waals surface area contributed by atoms with Crippen LogP contribution in [-0.2, 0) is 4.74 Å². The van der Waals surface area contributed by atoms with Gasteiger partial charge in [0, 0.05) is 6.04 Å². The molecule has 1 rings (SSSR count).